The molecule has 0 saturated carbocycles. The Morgan fingerprint density at radius 3 is 2.90 bits per heavy atom. The Morgan fingerprint density at radius 2 is 2.21 bits per heavy atom. The highest BCUT2D eigenvalue weighted by Crippen LogP contribution is 2.45. The number of hydrogen-bond acceptors (Lipinski definition) is 7. The fourth-order valence-corrected chi connectivity index (χ4v) is 4.72. The number of hydrazine groups is 1. The van der Waals surface area contributed by atoms with Crippen LogP contribution in [0.25, 0.3) is 0 Å². The lowest BCUT2D eigenvalue weighted by molar-refractivity contribution is -0.116. The van der Waals surface area contributed by atoms with Crippen molar-refractivity contribution in [1.82, 2.24) is 15.4 Å². The molecule has 4 rings (SSSR count). The second kappa shape index (κ2) is 7.70. The van der Waals surface area contributed by atoms with Gasteiger partial charge in [0.05, 0.1) is 28.8 Å². The first-order valence-electron chi connectivity index (χ1n) is 8.94. The minimum atomic E-state index is -0.525. The molecule has 9 heteroatoms. The Kier molecular flexibility index (Phi) is 5.09. The summed E-state index contributed by atoms with van der Waals surface area (Å²) in [5.41, 5.74) is 10.6. The Hall–Kier alpha value is -3.15. The number of nitriles is 1. The summed E-state index contributed by atoms with van der Waals surface area (Å²) in [5, 5.41) is 13.1. The quantitative estimate of drug-likeness (QED) is 0.730. The zero-order valence-electron chi connectivity index (χ0n) is 15.2. The molecule has 1 amide bonds. The molecule has 0 aromatic carbocycles. The lowest BCUT2D eigenvalue weighted by Crippen LogP contribution is -2.48. The van der Waals surface area contributed by atoms with Gasteiger partial charge in [-0.15, -0.1) is 11.3 Å². The van der Waals surface area contributed by atoms with Crippen LogP contribution in [0.3, 0.4) is 0 Å². The van der Waals surface area contributed by atoms with Crippen LogP contribution in [0.5, 0.6) is 0 Å². The molecule has 0 radical (unpaired) electrons. The molecular formula is C20H16ClN5O2S. The van der Waals surface area contributed by atoms with Crippen LogP contribution in [-0.2, 0) is 4.79 Å². The summed E-state index contributed by atoms with van der Waals surface area (Å²) < 4.78 is 0. The van der Waals surface area contributed by atoms with Crippen molar-refractivity contribution in [2.75, 3.05) is 0 Å². The summed E-state index contributed by atoms with van der Waals surface area (Å²) >= 11 is 7.49. The molecule has 0 saturated heterocycles. The molecule has 2 aliphatic rings. The highest BCUT2D eigenvalue weighted by molar-refractivity contribution is 7.10. The maximum absolute atomic E-state index is 12.9. The first-order chi connectivity index (χ1) is 14.0. The zero-order chi connectivity index (χ0) is 20.5. The second-order valence-electron chi connectivity index (χ2n) is 6.61. The molecule has 1 aliphatic heterocycles. The van der Waals surface area contributed by atoms with Gasteiger partial charge in [0.15, 0.2) is 5.78 Å². The number of Topliss-reactive ketones (excluding diaryl/α,β-unsaturated/α-hetero) is 1. The summed E-state index contributed by atoms with van der Waals surface area (Å²) in [7, 11) is 0. The average molecular weight is 426 g/mol. The summed E-state index contributed by atoms with van der Waals surface area (Å²) in [5.74, 6) is -0.975. The van der Waals surface area contributed by atoms with Crippen LogP contribution in [0.4, 0.5) is 0 Å². The molecule has 3 heterocycles. The van der Waals surface area contributed by atoms with Crippen LogP contribution in [0.1, 0.15) is 40.4 Å². The van der Waals surface area contributed by atoms with Gasteiger partial charge in [0.1, 0.15) is 11.0 Å². The molecule has 2 aromatic heterocycles. The molecule has 0 fully saturated rings. The number of halogens is 1. The van der Waals surface area contributed by atoms with E-state index in [-0.39, 0.29) is 27.9 Å². The van der Waals surface area contributed by atoms with Crippen LogP contribution in [0.15, 0.2) is 58.5 Å². The van der Waals surface area contributed by atoms with Crippen LogP contribution >= 0.6 is 22.9 Å². The molecular weight excluding hydrogens is 410 g/mol. The van der Waals surface area contributed by atoms with Crippen molar-refractivity contribution in [3.05, 3.63) is 74.1 Å². The normalized spacial score (nSPS) is 19.1. The largest absolute Gasteiger partial charge is 0.383 e. The number of pyridine rings is 1. The van der Waals surface area contributed by atoms with E-state index in [9.17, 15) is 14.9 Å². The third kappa shape index (κ3) is 3.28. The minimum absolute atomic E-state index is 0.0384. The number of nitrogens with one attached hydrogen (secondary N) is 1. The van der Waals surface area contributed by atoms with Gasteiger partial charge in [0, 0.05) is 23.1 Å². The second-order valence-corrected chi connectivity index (χ2v) is 7.95. The van der Waals surface area contributed by atoms with Crippen LogP contribution in [0.2, 0.25) is 5.15 Å². The molecule has 3 N–H and O–H groups in total. The van der Waals surface area contributed by atoms with Gasteiger partial charge in [-0.3, -0.25) is 15.0 Å². The van der Waals surface area contributed by atoms with Gasteiger partial charge < -0.3 is 5.73 Å². The fraction of sp³-hybridized carbons (Fsp3) is 0.200. The van der Waals surface area contributed by atoms with Gasteiger partial charge in [0.2, 0.25) is 0 Å². The molecule has 146 valence electrons. The smallest absolute Gasteiger partial charge is 0.273 e. The topological polar surface area (TPSA) is 112 Å². The third-order valence-electron chi connectivity index (χ3n) is 4.96. The summed E-state index contributed by atoms with van der Waals surface area (Å²) in [6.45, 7) is 0. The van der Waals surface area contributed by atoms with E-state index in [1.165, 1.54) is 28.6 Å². The number of amides is 1. The van der Waals surface area contributed by atoms with Gasteiger partial charge >= 0.3 is 0 Å². The van der Waals surface area contributed by atoms with E-state index in [1.54, 1.807) is 6.07 Å². The minimum Gasteiger partial charge on any atom is -0.383 e. The number of ketones is 1. The number of hydrogen-bond donors (Lipinski definition) is 2. The summed E-state index contributed by atoms with van der Waals surface area (Å²) in [4.78, 5) is 30.4. The number of nitrogens with two attached hydrogens (primary N) is 1. The predicted octanol–water partition coefficient (Wildman–Crippen LogP) is 3.24. The van der Waals surface area contributed by atoms with Crippen molar-refractivity contribution in [2.24, 2.45) is 5.73 Å². The van der Waals surface area contributed by atoms with Crippen LogP contribution in [0, 0.1) is 11.3 Å². The summed E-state index contributed by atoms with van der Waals surface area (Å²) in [6, 6.07) is 9.03. The summed E-state index contributed by atoms with van der Waals surface area (Å²) in [6.07, 6.45) is 3.08. The van der Waals surface area contributed by atoms with E-state index in [0.29, 0.717) is 30.5 Å². The van der Waals surface area contributed by atoms with Crippen molar-refractivity contribution >= 4 is 34.6 Å². The van der Waals surface area contributed by atoms with Crippen molar-refractivity contribution in [3.8, 4) is 6.07 Å². The molecule has 1 aliphatic carbocycles. The monoisotopic (exact) mass is 425 g/mol. The highest BCUT2D eigenvalue weighted by Gasteiger charge is 2.41. The standard InChI is InChI=1S/C20H16ClN5O2S/c21-18-11(4-2-8-24-18)20(28)25-26-13-5-1-6-14(27)17(13)16(12(10-22)19(26)23)15-7-3-9-29-15/h2-4,7-9,16H,1,5-6,23H2,(H,25,28). The number of carbonyl (C=O) groups is 2. The molecule has 1 atom stereocenters. The molecule has 0 bridgehead atoms. The third-order valence-corrected chi connectivity index (χ3v) is 6.20. The van der Waals surface area contributed by atoms with Gasteiger partial charge in [-0.25, -0.2) is 9.99 Å². The molecule has 7 nitrogen and oxygen atoms in total. The van der Waals surface area contributed by atoms with Crippen molar-refractivity contribution in [3.63, 3.8) is 0 Å². The number of nitrogens with zero attached hydrogens (tertiary/aromatic N) is 3. The number of carbonyl (C=O) groups excluding carboxylic acids is 2. The van der Waals surface area contributed by atoms with Crippen LogP contribution < -0.4 is 11.2 Å². The van der Waals surface area contributed by atoms with E-state index in [4.69, 9.17) is 17.3 Å². The van der Waals surface area contributed by atoms with E-state index in [1.807, 2.05) is 17.5 Å². The lowest BCUT2D eigenvalue weighted by Gasteiger charge is -2.38. The molecule has 1 unspecified atom stereocenters. The number of aromatic nitrogens is 1. The molecule has 2 aromatic rings. The maximum Gasteiger partial charge on any atom is 0.273 e. The Labute approximate surface area is 176 Å². The zero-order valence-corrected chi connectivity index (χ0v) is 16.8. The average Bonchev–Trinajstić information content (AvgIpc) is 3.24. The molecule has 29 heavy (non-hydrogen) atoms. The Morgan fingerprint density at radius 1 is 1.38 bits per heavy atom. The molecule has 0 spiro atoms. The number of allylic oxidation sites excluding steroid dienone is 3. The van der Waals surface area contributed by atoms with Gasteiger partial charge in [-0.05, 0) is 36.4 Å². The van der Waals surface area contributed by atoms with Gasteiger partial charge in [-0.1, -0.05) is 17.7 Å². The Bertz CT molecular complexity index is 1100. The van der Waals surface area contributed by atoms with Crippen LogP contribution in [-0.4, -0.2) is 21.7 Å². The Balaban J connectivity index is 1.81. The van der Waals surface area contributed by atoms with E-state index in [2.05, 4.69) is 16.5 Å². The number of rotatable bonds is 3. The highest BCUT2D eigenvalue weighted by atomic mass is 35.5. The van der Waals surface area contributed by atoms with Crippen molar-refractivity contribution < 1.29 is 9.59 Å². The number of thiophene rings is 1. The first-order valence-corrected chi connectivity index (χ1v) is 10.2. The van der Waals surface area contributed by atoms with E-state index < -0.39 is 11.8 Å². The predicted molar refractivity (Wildman–Crippen MR) is 108 cm³/mol. The lowest BCUT2D eigenvalue weighted by atomic mass is 9.79. The van der Waals surface area contributed by atoms with E-state index in [0.717, 1.165) is 4.88 Å². The fourth-order valence-electron chi connectivity index (χ4n) is 3.67. The van der Waals surface area contributed by atoms with Gasteiger partial charge in [-0.2, -0.15) is 5.26 Å². The van der Waals surface area contributed by atoms with E-state index >= 15 is 0 Å². The van der Waals surface area contributed by atoms with Crippen molar-refractivity contribution in [2.45, 2.75) is 25.2 Å². The SMILES string of the molecule is N#CC1=C(N)N(NC(=O)c2cccnc2Cl)C2=C(C(=O)CCC2)C1c1cccs1. The first kappa shape index (κ1) is 19.2. The van der Waals surface area contributed by atoms with Gasteiger partial charge in [0.25, 0.3) is 5.91 Å². The maximum atomic E-state index is 12.9. The van der Waals surface area contributed by atoms with Crippen molar-refractivity contribution in [1.29, 1.82) is 5.26 Å².